The van der Waals surface area contributed by atoms with E-state index in [1.807, 2.05) is 47.4 Å². The highest BCUT2D eigenvalue weighted by Gasteiger charge is 2.34. The van der Waals surface area contributed by atoms with Gasteiger partial charge in [-0.2, -0.15) is 4.52 Å². The molecule has 0 N–H and O–H groups in total. The lowest BCUT2D eigenvalue weighted by molar-refractivity contribution is -0.132. The van der Waals surface area contributed by atoms with Crippen LogP contribution in [0.25, 0.3) is 17.0 Å². The lowest BCUT2D eigenvalue weighted by Gasteiger charge is -2.35. The first kappa shape index (κ1) is 15.3. The Morgan fingerprint density at radius 3 is 2.42 bits per heavy atom. The predicted octanol–water partition coefficient (Wildman–Crippen LogP) is 1.85. The summed E-state index contributed by atoms with van der Waals surface area (Å²) in [4.78, 5) is 16.4. The molecule has 7 heteroatoms. The average Bonchev–Trinajstić information content (AvgIpc) is 3.47. The number of hydrogen-bond acceptors (Lipinski definition) is 5. The number of carbonyl (C=O) groups is 1. The van der Waals surface area contributed by atoms with Crippen LogP contribution in [0, 0.1) is 5.92 Å². The van der Waals surface area contributed by atoms with Crippen molar-refractivity contribution < 1.29 is 4.79 Å². The van der Waals surface area contributed by atoms with Crippen molar-refractivity contribution in [2.75, 3.05) is 31.1 Å². The molecule has 1 aliphatic carbocycles. The lowest BCUT2D eigenvalue weighted by atomic mass is 10.2. The van der Waals surface area contributed by atoms with Crippen LogP contribution in [-0.2, 0) is 4.79 Å². The van der Waals surface area contributed by atoms with Gasteiger partial charge in [0.1, 0.15) is 5.82 Å². The zero-order valence-corrected chi connectivity index (χ0v) is 14.5. The SMILES string of the molecule is O=C(C1CC1)N1CCN(c2ccc3nnc(-c4ccccc4)n3n2)CC1. The van der Waals surface area contributed by atoms with Crippen molar-refractivity contribution in [2.24, 2.45) is 5.92 Å². The van der Waals surface area contributed by atoms with E-state index < -0.39 is 0 Å². The standard InChI is InChI=1S/C19H20N6O/c26-19(15-6-7-15)24-12-10-23(11-13-24)17-9-8-16-20-21-18(25(16)22-17)14-4-2-1-3-5-14/h1-5,8-9,15H,6-7,10-13H2. The van der Waals surface area contributed by atoms with E-state index in [0.717, 1.165) is 61.9 Å². The summed E-state index contributed by atoms with van der Waals surface area (Å²) in [6, 6.07) is 13.9. The third kappa shape index (κ3) is 2.69. The topological polar surface area (TPSA) is 66.6 Å². The molecule has 1 aliphatic heterocycles. The van der Waals surface area contributed by atoms with Gasteiger partial charge in [0.2, 0.25) is 5.91 Å². The van der Waals surface area contributed by atoms with Crippen molar-refractivity contribution in [3.63, 3.8) is 0 Å². The van der Waals surface area contributed by atoms with Crippen molar-refractivity contribution in [3.8, 4) is 11.4 Å². The van der Waals surface area contributed by atoms with Crippen molar-refractivity contribution in [1.29, 1.82) is 0 Å². The van der Waals surface area contributed by atoms with Gasteiger partial charge in [-0.25, -0.2) is 0 Å². The van der Waals surface area contributed by atoms with Gasteiger partial charge in [-0.15, -0.1) is 15.3 Å². The molecule has 2 aliphatic rings. The molecule has 3 heterocycles. The number of fused-ring (bicyclic) bond motifs is 1. The van der Waals surface area contributed by atoms with E-state index in [1.54, 1.807) is 4.52 Å². The minimum absolute atomic E-state index is 0.293. The number of hydrogen-bond donors (Lipinski definition) is 0. The Bertz CT molecular complexity index is 941. The van der Waals surface area contributed by atoms with Gasteiger partial charge in [0.25, 0.3) is 0 Å². The number of piperazine rings is 1. The molecule has 1 amide bonds. The number of amides is 1. The molecule has 1 aromatic carbocycles. The van der Waals surface area contributed by atoms with Gasteiger partial charge < -0.3 is 9.80 Å². The van der Waals surface area contributed by atoms with Crippen molar-refractivity contribution in [3.05, 3.63) is 42.5 Å². The van der Waals surface area contributed by atoms with Crippen molar-refractivity contribution >= 4 is 17.4 Å². The van der Waals surface area contributed by atoms with Crippen LogP contribution in [0.4, 0.5) is 5.82 Å². The molecule has 26 heavy (non-hydrogen) atoms. The highest BCUT2D eigenvalue weighted by atomic mass is 16.2. The summed E-state index contributed by atoms with van der Waals surface area (Å²) in [5, 5.41) is 13.3. The zero-order chi connectivity index (χ0) is 17.5. The number of aromatic nitrogens is 4. The van der Waals surface area contributed by atoms with Crippen LogP contribution < -0.4 is 4.90 Å². The van der Waals surface area contributed by atoms with E-state index in [9.17, 15) is 4.79 Å². The van der Waals surface area contributed by atoms with Crippen LogP contribution in [0.1, 0.15) is 12.8 Å². The molecule has 132 valence electrons. The normalized spacial score (nSPS) is 17.7. The van der Waals surface area contributed by atoms with Gasteiger partial charge in [0, 0.05) is 37.7 Å². The summed E-state index contributed by atoms with van der Waals surface area (Å²) in [7, 11) is 0. The quantitative estimate of drug-likeness (QED) is 0.723. The summed E-state index contributed by atoms with van der Waals surface area (Å²) < 4.78 is 1.80. The predicted molar refractivity (Wildman–Crippen MR) is 97.7 cm³/mol. The molecule has 5 rings (SSSR count). The van der Waals surface area contributed by atoms with Crippen LogP contribution in [0.3, 0.4) is 0 Å². The van der Waals surface area contributed by atoms with E-state index >= 15 is 0 Å². The molecule has 1 saturated carbocycles. The molecule has 2 aromatic heterocycles. The summed E-state index contributed by atoms with van der Waals surface area (Å²) in [6.07, 6.45) is 2.13. The second-order valence-electron chi connectivity index (χ2n) is 6.94. The Morgan fingerprint density at radius 1 is 0.923 bits per heavy atom. The van der Waals surface area contributed by atoms with E-state index in [2.05, 4.69) is 15.1 Å². The lowest BCUT2D eigenvalue weighted by Crippen LogP contribution is -2.49. The number of nitrogens with zero attached hydrogens (tertiary/aromatic N) is 6. The van der Waals surface area contributed by atoms with E-state index in [-0.39, 0.29) is 0 Å². The highest BCUT2D eigenvalue weighted by Crippen LogP contribution is 2.31. The van der Waals surface area contributed by atoms with Gasteiger partial charge >= 0.3 is 0 Å². The van der Waals surface area contributed by atoms with Crippen LogP contribution in [0.15, 0.2) is 42.5 Å². The van der Waals surface area contributed by atoms with E-state index in [4.69, 9.17) is 5.10 Å². The number of anilines is 1. The summed E-state index contributed by atoms with van der Waals surface area (Å²) >= 11 is 0. The fourth-order valence-electron chi connectivity index (χ4n) is 3.46. The summed E-state index contributed by atoms with van der Waals surface area (Å²) in [5.74, 6) is 2.26. The Morgan fingerprint density at radius 2 is 1.69 bits per heavy atom. The van der Waals surface area contributed by atoms with Crippen molar-refractivity contribution in [1.82, 2.24) is 24.7 Å². The first-order chi connectivity index (χ1) is 12.8. The first-order valence-corrected chi connectivity index (χ1v) is 9.11. The van der Waals surface area contributed by atoms with Crippen LogP contribution >= 0.6 is 0 Å². The number of carbonyl (C=O) groups excluding carboxylic acids is 1. The maximum absolute atomic E-state index is 12.2. The van der Waals surface area contributed by atoms with Gasteiger partial charge in [0.05, 0.1) is 0 Å². The average molecular weight is 348 g/mol. The Balaban J connectivity index is 1.39. The smallest absolute Gasteiger partial charge is 0.225 e. The summed E-state index contributed by atoms with van der Waals surface area (Å²) in [5.41, 5.74) is 1.72. The van der Waals surface area contributed by atoms with Gasteiger partial charge in [-0.3, -0.25) is 4.79 Å². The Labute approximate surface area is 151 Å². The van der Waals surface area contributed by atoms with Crippen LogP contribution in [0.2, 0.25) is 0 Å². The first-order valence-electron chi connectivity index (χ1n) is 9.11. The molecule has 0 atom stereocenters. The van der Waals surface area contributed by atoms with Gasteiger partial charge in [-0.05, 0) is 25.0 Å². The minimum Gasteiger partial charge on any atom is -0.352 e. The maximum Gasteiger partial charge on any atom is 0.225 e. The second-order valence-corrected chi connectivity index (χ2v) is 6.94. The molecular formula is C19H20N6O. The monoisotopic (exact) mass is 348 g/mol. The van der Waals surface area contributed by atoms with Crippen LogP contribution in [-0.4, -0.2) is 56.8 Å². The maximum atomic E-state index is 12.2. The van der Waals surface area contributed by atoms with Crippen LogP contribution in [0.5, 0.6) is 0 Å². The molecule has 0 radical (unpaired) electrons. The van der Waals surface area contributed by atoms with Gasteiger partial charge in [0.15, 0.2) is 11.5 Å². The van der Waals surface area contributed by atoms with E-state index in [1.165, 1.54) is 0 Å². The number of rotatable bonds is 3. The van der Waals surface area contributed by atoms with E-state index in [0.29, 0.717) is 11.8 Å². The molecular weight excluding hydrogens is 328 g/mol. The fraction of sp³-hybridized carbons (Fsp3) is 0.368. The molecule has 0 bridgehead atoms. The molecule has 0 unspecified atom stereocenters. The number of benzene rings is 1. The molecule has 7 nitrogen and oxygen atoms in total. The Hall–Kier alpha value is -2.96. The third-order valence-corrected chi connectivity index (χ3v) is 5.12. The third-order valence-electron chi connectivity index (χ3n) is 5.12. The minimum atomic E-state index is 0.293. The highest BCUT2D eigenvalue weighted by molar-refractivity contribution is 5.81. The fourth-order valence-corrected chi connectivity index (χ4v) is 3.46. The second kappa shape index (κ2) is 6.09. The Kier molecular flexibility index (Phi) is 3.58. The molecule has 0 spiro atoms. The molecule has 2 fully saturated rings. The summed E-state index contributed by atoms with van der Waals surface area (Å²) in [6.45, 7) is 3.14. The van der Waals surface area contributed by atoms with Gasteiger partial charge in [-0.1, -0.05) is 30.3 Å². The van der Waals surface area contributed by atoms with Crippen molar-refractivity contribution in [2.45, 2.75) is 12.8 Å². The molecule has 1 saturated heterocycles. The zero-order valence-electron chi connectivity index (χ0n) is 14.5. The largest absolute Gasteiger partial charge is 0.352 e. The molecule has 3 aromatic rings.